The highest BCUT2D eigenvalue weighted by molar-refractivity contribution is 6.10. The maximum atomic E-state index is 5.11. The van der Waals surface area contributed by atoms with E-state index < -0.39 is 0 Å². The van der Waals surface area contributed by atoms with E-state index in [2.05, 4.69) is 230 Å². The van der Waals surface area contributed by atoms with Crippen molar-refractivity contribution < 1.29 is 0 Å². The molecule has 0 bridgehead atoms. The first-order valence-corrected chi connectivity index (χ1v) is 20.2. The highest BCUT2D eigenvalue weighted by Crippen LogP contribution is 2.40. The van der Waals surface area contributed by atoms with Crippen LogP contribution in [-0.4, -0.2) is 14.5 Å². The van der Waals surface area contributed by atoms with Crippen molar-refractivity contribution in [3.63, 3.8) is 0 Å². The number of aromatic nitrogens is 3. The van der Waals surface area contributed by atoms with Crippen molar-refractivity contribution in [3.05, 3.63) is 217 Å². The summed E-state index contributed by atoms with van der Waals surface area (Å²) in [5.41, 5.74) is 17.8. The van der Waals surface area contributed by atoms with Gasteiger partial charge in [0.15, 0.2) is 5.82 Å². The lowest BCUT2D eigenvalue weighted by atomic mass is 9.96. The molecule has 4 heteroatoms. The SMILES string of the molecule is Cc1ccc(-c2cc(-c3ccc(-c4ccc(-n5c6ccccc6c6cc(N(c7ccccc7)c7ccccc7)ccc65)cc4)c(C)c3)nc(-c3ccc(C)cc3)n2)cc1. The summed E-state index contributed by atoms with van der Waals surface area (Å²) in [4.78, 5) is 12.5. The quantitative estimate of drug-likeness (QED) is 0.155. The summed E-state index contributed by atoms with van der Waals surface area (Å²) in [5, 5.41) is 2.44. The molecular weight excluding hydrogens is 717 g/mol. The summed E-state index contributed by atoms with van der Waals surface area (Å²) < 4.78 is 2.38. The van der Waals surface area contributed by atoms with E-state index in [4.69, 9.17) is 9.97 Å². The number of nitrogens with zero attached hydrogens (tertiary/aromatic N) is 4. The highest BCUT2D eigenvalue weighted by atomic mass is 15.1. The number of para-hydroxylation sites is 3. The van der Waals surface area contributed by atoms with Gasteiger partial charge in [-0.05, 0) is 110 Å². The summed E-state index contributed by atoms with van der Waals surface area (Å²) >= 11 is 0. The summed E-state index contributed by atoms with van der Waals surface area (Å²) in [6.07, 6.45) is 0. The summed E-state index contributed by atoms with van der Waals surface area (Å²) in [6, 6.07) is 71.5. The second-order valence-electron chi connectivity index (χ2n) is 15.3. The molecule has 10 rings (SSSR count). The van der Waals surface area contributed by atoms with Gasteiger partial charge in [0.2, 0.25) is 0 Å². The second-order valence-corrected chi connectivity index (χ2v) is 15.3. The highest BCUT2D eigenvalue weighted by Gasteiger charge is 2.18. The predicted octanol–water partition coefficient (Wildman–Crippen LogP) is 14.6. The van der Waals surface area contributed by atoms with Crippen molar-refractivity contribution in [2.75, 3.05) is 4.90 Å². The number of anilines is 3. The number of benzene rings is 8. The molecule has 0 fully saturated rings. The van der Waals surface area contributed by atoms with E-state index in [1.54, 1.807) is 0 Å². The predicted molar refractivity (Wildman–Crippen MR) is 247 cm³/mol. The molecule has 0 unspecified atom stereocenters. The topological polar surface area (TPSA) is 34.0 Å². The molecule has 0 N–H and O–H groups in total. The summed E-state index contributed by atoms with van der Waals surface area (Å²) in [6.45, 7) is 6.40. The Balaban J connectivity index is 1.01. The largest absolute Gasteiger partial charge is 0.310 e. The van der Waals surface area contributed by atoms with Gasteiger partial charge in [-0.2, -0.15) is 0 Å². The number of hydrogen-bond donors (Lipinski definition) is 0. The average molecular weight is 759 g/mol. The number of rotatable bonds is 8. The van der Waals surface area contributed by atoms with Crippen LogP contribution in [-0.2, 0) is 0 Å². The molecule has 0 atom stereocenters. The van der Waals surface area contributed by atoms with Gasteiger partial charge in [-0.15, -0.1) is 0 Å². The number of hydrogen-bond acceptors (Lipinski definition) is 3. The number of fused-ring (bicyclic) bond motifs is 3. The fourth-order valence-electron chi connectivity index (χ4n) is 8.22. The van der Waals surface area contributed by atoms with Crippen LogP contribution >= 0.6 is 0 Å². The Morgan fingerprint density at radius 3 is 1.58 bits per heavy atom. The fraction of sp³-hybridized carbons (Fsp3) is 0.0545. The molecule has 10 aromatic rings. The van der Waals surface area contributed by atoms with E-state index in [0.717, 1.165) is 56.7 Å². The van der Waals surface area contributed by atoms with Crippen molar-refractivity contribution in [2.45, 2.75) is 20.8 Å². The number of aryl methyl sites for hydroxylation is 3. The van der Waals surface area contributed by atoms with Crippen LogP contribution in [0.2, 0.25) is 0 Å². The lowest BCUT2D eigenvalue weighted by Gasteiger charge is -2.25. The van der Waals surface area contributed by atoms with Gasteiger partial charge in [-0.1, -0.05) is 139 Å². The lowest BCUT2D eigenvalue weighted by Crippen LogP contribution is -2.09. The van der Waals surface area contributed by atoms with Gasteiger partial charge in [-0.3, -0.25) is 0 Å². The Hall–Kier alpha value is -7.56. The first kappa shape index (κ1) is 35.8. The van der Waals surface area contributed by atoms with E-state index in [1.807, 2.05) is 0 Å². The Kier molecular flexibility index (Phi) is 9.15. The van der Waals surface area contributed by atoms with Crippen LogP contribution < -0.4 is 4.90 Å². The molecule has 0 radical (unpaired) electrons. The van der Waals surface area contributed by atoms with Crippen LogP contribution in [0.3, 0.4) is 0 Å². The van der Waals surface area contributed by atoms with E-state index in [1.165, 1.54) is 49.6 Å². The first-order chi connectivity index (χ1) is 29.0. The third-order valence-corrected chi connectivity index (χ3v) is 11.3. The monoisotopic (exact) mass is 758 g/mol. The van der Waals surface area contributed by atoms with Crippen LogP contribution in [0.4, 0.5) is 17.1 Å². The van der Waals surface area contributed by atoms with Gasteiger partial charge in [0.25, 0.3) is 0 Å². The van der Waals surface area contributed by atoms with E-state index in [-0.39, 0.29) is 0 Å². The van der Waals surface area contributed by atoms with Gasteiger partial charge in [0, 0.05) is 50.2 Å². The Labute approximate surface area is 345 Å². The van der Waals surface area contributed by atoms with Crippen molar-refractivity contribution in [1.82, 2.24) is 14.5 Å². The van der Waals surface area contributed by atoms with Crippen LogP contribution in [0.25, 0.3) is 72.5 Å². The zero-order valence-corrected chi connectivity index (χ0v) is 33.3. The zero-order chi connectivity index (χ0) is 39.9. The second kappa shape index (κ2) is 15.1. The van der Waals surface area contributed by atoms with Gasteiger partial charge < -0.3 is 9.47 Å². The molecule has 0 aliphatic heterocycles. The van der Waals surface area contributed by atoms with Crippen LogP contribution in [0.5, 0.6) is 0 Å². The van der Waals surface area contributed by atoms with Crippen molar-refractivity contribution in [1.29, 1.82) is 0 Å². The normalized spacial score (nSPS) is 11.3. The maximum Gasteiger partial charge on any atom is 0.160 e. The maximum absolute atomic E-state index is 5.11. The molecule has 0 aliphatic rings. The van der Waals surface area contributed by atoms with Gasteiger partial charge in [-0.25, -0.2) is 9.97 Å². The molecule has 59 heavy (non-hydrogen) atoms. The minimum atomic E-state index is 0.724. The zero-order valence-electron chi connectivity index (χ0n) is 33.3. The molecule has 282 valence electrons. The Morgan fingerprint density at radius 1 is 0.390 bits per heavy atom. The van der Waals surface area contributed by atoms with Crippen molar-refractivity contribution in [2.24, 2.45) is 0 Å². The molecule has 0 saturated heterocycles. The molecule has 2 aromatic heterocycles. The van der Waals surface area contributed by atoms with Gasteiger partial charge in [0.05, 0.1) is 22.4 Å². The first-order valence-electron chi connectivity index (χ1n) is 20.2. The standard InChI is InChI=1S/C55H42N4/c1-37-18-22-41(23-19-37)51-36-52(57-55(56-51)42-24-20-38(2)21-25-42)43-28-32-48(39(3)34-43)40-26-29-46(30-27-40)59-53-17-11-10-16-49(53)50-35-47(31-33-54(50)59)58(44-12-6-4-7-13-44)45-14-8-5-9-15-45/h4-36H,1-3H3. The molecule has 0 amide bonds. The molecular formula is C55H42N4. The van der Waals surface area contributed by atoms with Crippen molar-refractivity contribution in [3.8, 4) is 50.7 Å². The van der Waals surface area contributed by atoms with Crippen LogP contribution in [0.1, 0.15) is 16.7 Å². The smallest absolute Gasteiger partial charge is 0.160 e. The third-order valence-electron chi connectivity index (χ3n) is 11.3. The van der Waals surface area contributed by atoms with Crippen LogP contribution in [0.15, 0.2) is 200 Å². The van der Waals surface area contributed by atoms with E-state index >= 15 is 0 Å². The van der Waals surface area contributed by atoms with Gasteiger partial charge in [0.1, 0.15) is 0 Å². The molecule has 4 nitrogen and oxygen atoms in total. The van der Waals surface area contributed by atoms with E-state index in [9.17, 15) is 0 Å². The lowest BCUT2D eigenvalue weighted by molar-refractivity contribution is 1.18. The third kappa shape index (κ3) is 6.85. The van der Waals surface area contributed by atoms with Crippen molar-refractivity contribution >= 4 is 38.9 Å². The average Bonchev–Trinajstić information content (AvgIpc) is 3.61. The minimum absolute atomic E-state index is 0.724. The van der Waals surface area contributed by atoms with Crippen LogP contribution in [0, 0.1) is 20.8 Å². The molecule has 0 saturated carbocycles. The van der Waals surface area contributed by atoms with E-state index in [0.29, 0.717) is 0 Å². The molecule has 0 aliphatic carbocycles. The van der Waals surface area contributed by atoms with Gasteiger partial charge >= 0.3 is 0 Å². The Bertz CT molecular complexity index is 2990. The molecule has 2 heterocycles. The summed E-state index contributed by atoms with van der Waals surface area (Å²) in [5.74, 6) is 0.724. The fourth-order valence-corrected chi connectivity index (χ4v) is 8.22. The Morgan fingerprint density at radius 2 is 0.932 bits per heavy atom. The molecule has 8 aromatic carbocycles. The minimum Gasteiger partial charge on any atom is -0.310 e. The molecule has 0 spiro atoms. The summed E-state index contributed by atoms with van der Waals surface area (Å²) in [7, 11) is 0.